The first-order valence-corrected chi connectivity index (χ1v) is 5.45. The van der Waals surface area contributed by atoms with E-state index in [2.05, 4.69) is 42.2 Å². The van der Waals surface area contributed by atoms with E-state index in [9.17, 15) is 0 Å². The number of pyridine rings is 1. The third-order valence-corrected chi connectivity index (χ3v) is 2.94. The van der Waals surface area contributed by atoms with Crippen molar-refractivity contribution in [2.45, 2.75) is 12.8 Å². The summed E-state index contributed by atoms with van der Waals surface area (Å²) in [6.45, 7) is 1.05. The van der Waals surface area contributed by atoms with Crippen LogP contribution in [0.2, 0.25) is 0 Å². The van der Waals surface area contributed by atoms with Gasteiger partial charge in [0.15, 0.2) is 0 Å². The third-order valence-electron chi connectivity index (χ3n) is 1.91. The van der Waals surface area contributed by atoms with Crippen molar-refractivity contribution in [2.75, 3.05) is 11.9 Å². The molecular weight excluding hydrogens is 284 g/mol. The van der Waals surface area contributed by atoms with Crippen LogP contribution < -0.4 is 5.32 Å². The zero-order valence-corrected chi connectivity index (χ0v) is 9.57. The first kappa shape index (κ1) is 8.51. The van der Waals surface area contributed by atoms with Gasteiger partial charge in [0.25, 0.3) is 0 Å². The molecule has 0 radical (unpaired) electrons. The Labute approximate surface area is 88.0 Å². The Morgan fingerprint density at radius 3 is 3.08 bits per heavy atom. The molecule has 0 spiro atoms. The molecule has 1 aliphatic rings. The van der Waals surface area contributed by atoms with Gasteiger partial charge in [0.1, 0.15) is 4.60 Å². The normalized spacial score (nSPS) is 15.2. The number of aryl methyl sites for hydroxylation is 1. The Morgan fingerprint density at radius 1 is 1.42 bits per heavy atom. The molecule has 1 aromatic heterocycles. The zero-order chi connectivity index (χ0) is 8.55. The molecule has 2 nitrogen and oxygen atoms in total. The summed E-state index contributed by atoms with van der Waals surface area (Å²) in [6, 6.07) is 1.97. The number of halogens is 2. The number of hydrogen-bond acceptors (Lipinski definition) is 2. The monoisotopic (exact) mass is 290 g/mol. The lowest BCUT2D eigenvalue weighted by Gasteiger charge is -2.18. The number of anilines is 1. The predicted octanol–water partition coefficient (Wildman–Crippen LogP) is 2.96. The summed E-state index contributed by atoms with van der Waals surface area (Å²) < 4.78 is 2.00. The van der Waals surface area contributed by atoms with Gasteiger partial charge in [-0.25, -0.2) is 4.98 Å². The van der Waals surface area contributed by atoms with Gasteiger partial charge in [0, 0.05) is 11.0 Å². The average Bonchev–Trinajstić information content (AvgIpc) is 2.04. The number of nitrogens with zero attached hydrogens (tertiary/aromatic N) is 1. The highest BCUT2D eigenvalue weighted by Gasteiger charge is 2.13. The van der Waals surface area contributed by atoms with Crippen molar-refractivity contribution in [1.29, 1.82) is 0 Å². The molecule has 0 unspecified atom stereocenters. The molecule has 0 saturated heterocycles. The Hall–Kier alpha value is -0.0900. The topological polar surface area (TPSA) is 24.9 Å². The van der Waals surface area contributed by atoms with Crippen LogP contribution in [0, 0.1) is 0 Å². The first-order chi connectivity index (χ1) is 5.77. The summed E-state index contributed by atoms with van der Waals surface area (Å²) in [5.41, 5.74) is 2.31. The van der Waals surface area contributed by atoms with Crippen molar-refractivity contribution in [1.82, 2.24) is 4.98 Å². The van der Waals surface area contributed by atoms with Crippen LogP contribution in [0.3, 0.4) is 0 Å². The lowest BCUT2D eigenvalue weighted by Crippen LogP contribution is -2.13. The molecule has 0 saturated carbocycles. The van der Waals surface area contributed by atoms with Crippen LogP contribution in [0.4, 0.5) is 5.69 Å². The fourth-order valence-corrected chi connectivity index (χ4v) is 2.70. The molecule has 1 aliphatic heterocycles. The maximum Gasteiger partial charge on any atom is 0.107 e. The number of hydrogen-bond donors (Lipinski definition) is 1. The summed E-state index contributed by atoms with van der Waals surface area (Å²) in [5, 5.41) is 3.33. The summed E-state index contributed by atoms with van der Waals surface area (Å²) in [5.74, 6) is 0. The Morgan fingerprint density at radius 2 is 2.25 bits per heavy atom. The van der Waals surface area contributed by atoms with Crippen LogP contribution in [-0.2, 0) is 6.42 Å². The number of nitrogens with one attached hydrogen (secondary N) is 1. The molecule has 0 aromatic carbocycles. The SMILES string of the molecule is Brc1cc(Br)c2c(n1)CCCN2. The fourth-order valence-electron chi connectivity index (χ4n) is 1.37. The van der Waals surface area contributed by atoms with E-state index in [1.54, 1.807) is 0 Å². The smallest absolute Gasteiger partial charge is 0.107 e. The van der Waals surface area contributed by atoms with Gasteiger partial charge in [-0.1, -0.05) is 0 Å². The third kappa shape index (κ3) is 1.50. The molecule has 64 valence electrons. The van der Waals surface area contributed by atoms with Crippen LogP contribution >= 0.6 is 31.9 Å². The van der Waals surface area contributed by atoms with E-state index in [1.165, 1.54) is 6.42 Å². The standard InChI is InChI=1S/C8H8Br2N2/c9-5-4-7(10)12-6-2-1-3-11-8(5)6/h4,11H,1-3H2. The van der Waals surface area contributed by atoms with Gasteiger partial charge < -0.3 is 5.32 Å². The van der Waals surface area contributed by atoms with Crippen LogP contribution in [0.25, 0.3) is 0 Å². The van der Waals surface area contributed by atoms with E-state index in [-0.39, 0.29) is 0 Å². The maximum absolute atomic E-state index is 4.40. The van der Waals surface area contributed by atoms with Crippen molar-refractivity contribution >= 4 is 37.5 Å². The average molecular weight is 292 g/mol. The summed E-state index contributed by atoms with van der Waals surface area (Å²) >= 11 is 6.87. The lowest BCUT2D eigenvalue weighted by atomic mass is 10.1. The van der Waals surface area contributed by atoms with E-state index in [0.29, 0.717) is 0 Å². The van der Waals surface area contributed by atoms with Crippen molar-refractivity contribution in [2.24, 2.45) is 0 Å². The quantitative estimate of drug-likeness (QED) is 0.744. The van der Waals surface area contributed by atoms with E-state index >= 15 is 0 Å². The molecule has 0 bridgehead atoms. The van der Waals surface area contributed by atoms with E-state index in [1.807, 2.05) is 6.07 Å². The molecule has 12 heavy (non-hydrogen) atoms. The Balaban J connectivity index is 2.53. The molecule has 0 amide bonds. The van der Waals surface area contributed by atoms with Crippen LogP contribution in [-0.4, -0.2) is 11.5 Å². The maximum atomic E-state index is 4.40. The van der Waals surface area contributed by atoms with Crippen LogP contribution in [0.1, 0.15) is 12.1 Å². The number of rotatable bonds is 0. The van der Waals surface area contributed by atoms with Gasteiger partial charge in [-0.05, 0) is 50.8 Å². The van der Waals surface area contributed by atoms with Gasteiger partial charge in [-0.2, -0.15) is 0 Å². The Bertz CT molecular complexity index is 312. The summed E-state index contributed by atoms with van der Waals surface area (Å²) in [4.78, 5) is 4.40. The van der Waals surface area contributed by atoms with E-state index < -0.39 is 0 Å². The molecule has 2 heterocycles. The number of aromatic nitrogens is 1. The van der Waals surface area contributed by atoms with Crippen LogP contribution in [0.5, 0.6) is 0 Å². The molecule has 0 atom stereocenters. The van der Waals surface area contributed by atoms with Crippen molar-refractivity contribution < 1.29 is 0 Å². The van der Waals surface area contributed by atoms with Gasteiger partial charge in [0.2, 0.25) is 0 Å². The van der Waals surface area contributed by atoms with Crippen LogP contribution in [0.15, 0.2) is 15.1 Å². The van der Waals surface area contributed by atoms with E-state index in [4.69, 9.17) is 0 Å². The highest BCUT2D eigenvalue weighted by Crippen LogP contribution is 2.30. The molecule has 1 aromatic rings. The van der Waals surface area contributed by atoms with Gasteiger partial charge in [-0.15, -0.1) is 0 Å². The second-order valence-corrected chi connectivity index (χ2v) is 4.45. The zero-order valence-electron chi connectivity index (χ0n) is 6.40. The minimum atomic E-state index is 0.900. The molecule has 1 N–H and O–H groups in total. The molecular formula is C8H8Br2N2. The summed E-state index contributed by atoms with van der Waals surface area (Å²) in [6.07, 6.45) is 2.24. The molecule has 0 aliphatic carbocycles. The van der Waals surface area contributed by atoms with Gasteiger partial charge in [-0.3, -0.25) is 0 Å². The molecule has 4 heteroatoms. The van der Waals surface area contributed by atoms with Crippen molar-refractivity contribution in [3.8, 4) is 0 Å². The number of fused-ring (bicyclic) bond motifs is 1. The first-order valence-electron chi connectivity index (χ1n) is 3.86. The Kier molecular flexibility index (Phi) is 2.37. The molecule has 2 rings (SSSR count). The minimum absolute atomic E-state index is 0.900. The highest BCUT2D eigenvalue weighted by molar-refractivity contribution is 9.11. The minimum Gasteiger partial charge on any atom is -0.383 e. The van der Waals surface area contributed by atoms with Crippen molar-refractivity contribution in [3.63, 3.8) is 0 Å². The largest absolute Gasteiger partial charge is 0.383 e. The lowest BCUT2D eigenvalue weighted by molar-refractivity contribution is 0.797. The second kappa shape index (κ2) is 3.34. The van der Waals surface area contributed by atoms with Crippen molar-refractivity contribution in [3.05, 3.63) is 20.8 Å². The van der Waals surface area contributed by atoms with E-state index in [0.717, 1.165) is 33.4 Å². The van der Waals surface area contributed by atoms with Gasteiger partial charge >= 0.3 is 0 Å². The fraction of sp³-hybridized carbons (Fsp3) is 0.375. The second-order valence-electron chi connectivity index (χ2n) is 2.78. The summed E-state index contributed by atoms with van der Waals surface area (Å²) in [7, 11) is 0. The van der Waals surface area contributed by atoms with Gasteiger partial charge in [0.05, 0.1) is 11.4 Å². The molecule has 0 fully saturated rings. The highest BCUT2D eigenvalue weighted by atomic mass is 79.9. The predicted molar refractivity (Wildman–Crippen MR) is 56.4 cm³/mol.